The summed E-state index contributed by atoms with van der Waals surface area (Å²) in [5.41, 5.74) is 1.30. The predicted octanol–water partition coefficient (Wildman–Crippen LogP) is 2.69. The third-order valence-electron chi connectivity index (χ3n) is 3.78. The molecule has 20 heavy (non-hydrogen) atoms. The quantitative estimate of drug-likeness (QED) is 0.766. The molecule has 0 spiro atoms. The number of carbonyl (C=O) groups is 1. The summed E-state index contributed by atoms with van der Waals surface area (Å²) in [6.07, 6.45) is 3.44. The van der Waals surface area contributed by atoms with Gasteiger partial charge in [0.15, 0.2) is 5.78 Å². The molecule has 0 radical (unpaired) electrons. The number of hydrogen-bond donors (Lipinski definition) is 0. The molecular weight excluding hydrogens is 250 g/mol. The Morgan fingerprint density at radius 2 is 2.15 bits per heavy atom. The smallest absolute Gasteiger partial charge is 0.162 e. The van der Waals surface area contributed by atoms with Crippen LogP contribution < -0.4 is 0 Å². The van der Waals surface area contributed by atoms with Crippen molar-refractivity contribution >= 4 is 5.78 Å². The Kier molecular flexibility index (Phi) is 6.22. The standard InChI is InChI=1S/C17H25NO2/c1-2-11-18-12-13-20-17(14-18)16(19)10-6-9-15-7-4-3-5-8-15/h3-5,7-8,17H,2,6,9-14H2,1H3. The van der Waals surface area contributed by atoms with Gasteiger partial charge in [-0.2, -0.15) is 0 Å². The number of ether oxygens (including phenoxy) is 1. The van der Waals surface area contributed by atoms with E-state index in [1.54, 1.807) is 0 Å². The van der Waals surface area contributed by atoms with Gasteiger partial charge in [0.25, 0.3) is 0 Å². The topological polar surface area (TPSA) is 29.5 Å². The average Bonchev–Trinajstić information content (AvgIpc) is 2.49. The molecule has 3 heteroatoms. The lowest BCUT2D eigenvalue weighted by Gasteiger charge is -2.31. The minimum absolute atomic E-state index is 0.203. The van der Waals surface area contributed by atoms with Crippen LogP contribution in [-0.4, -0.2) is 43.0 Å². The van der Waals surface area contributed by atoms with Crippen LogP contribution in [0, 0.1) is 0 Å². The molecule has 1 fully saturated rings. The average molecular weight is 275 g/mol. The zero-order valence-electron chi connectivity index (χ0n) is 12.4. The summed E-state index contributed by atoms with van der Waals surface area (Å²) in [6, 6.07) is 10.3. The van der Waals surface area contributed by atoms with Crippen molar-refractivity contribution in [2.24, 2.45) is 0 Å². The predicted molar refractivity (Wildman–Crippen MR) is 80.9 cm³/mol. The first kappa shape index (κ1) is 15.2. The highest BCUT2D eigenvalue weighted by molar-refractivity contribution is 5.83. The normalized spacial score (nSPS) is 19.9. The molecule has 0 aliphatic carbocycles. The maximum Gasteiger partial charge on any atom is 0.162 e. The van der Waals surface area contributed by atoms with Crippen LogP contribution in [-0.2, 0) is 16.0 Å². The molecule has 1 saturated heterocycles. The van der Waals surface area contributed by atoms with Gasteiger partial charge in [-0.15, -0.1) is 0 Å². The first-order chi connectivity index (χ1) is 9.79. The summed E-state index contributed by atoms with van der Waals surface area (Å²) in [6.45, 7) is 5.66. The minimum Gasteiger partial charge on any atom is -0.368 e. The molecule has 1 aliphatic heterocycles. The van der Waals surface area contributed by atoms with E-state index in [2.05, 4.69) is 24.0 Å². The highest BCUT2D eigenvalue weighted by Gasteiger charge is 2.25. The van der Waals surface area contributed by atoms with Crippen LogP contribution in [0.3, 0.4) is 0 Å². The van der Waals surface area contributed by atoms with Crippen LogP contribution in [0.5, 0.6) is 0 Å². The van der Waals surface area contributed by atoms with Crippen molar-refractivity contribution in [3.63, 3.8) is 0 Å². The fourth-order valence-corrected chi connectivity index (χ4v) is 2.69. The van der Waals surface area contributed by atoms with Gasteiger partial charge in [-0.25, -0.2) is 0 Å². The Hall–Kier alpha value is -1.19. The van der Waals surface area contributed by atoms with Gasteiger partial charge in [0.05, 0.1) is 6.61 Å². The molecule has 1 aromatic carbocycles. The van der Waals surface area contributed by atoms with E-state index in [9.17, 15) is 4.79 Å². The summed E-state index contributed by atoms with van der Waals surface area (Å²) >= 11 is 0. The highest BCUT2D eigenvalue weighted by Crippen LogP contribution is 2.11. The highest BCUT2D eigenvalue weighted by atomic mass is 16.5. The molecule has 0 bridgehead atoms. The second-order valence-corrected chi connectivity index (χ2v) is 5.47. The fourth-order valence-electron chi connectivity index (χ4n) is 2.69. The molecule has 0 amide bonds. The second-order valence-electron chi connectivity index (χ2n) is 5.47. The summed E-state index contributed by atoms with van der Waals surface area (Å²) in [4.78, 5) is 14.5. The van der Waals surface area contributed by atoms with E-state index in [4.69, 9.17) is 4.74 Å². The van der Waals surface area contributed by atoms with Crippen molar-refractivity contribution in [2.75, 3.05) is 26.2 Å². The number of benzene rings is 1. The zero-order valence-corrected chi connectivity index (χ0v) is 12.4. The van der Waals surface area contributed by atoms with Crippen LogP contribution in [0.2, 0.25) is 0 Å². The third-order valence-corrected chi connectivity index (χ3v) is 3.78. The molecule has 1 aromatic rings. The lowest BCUT2D eigenvalue weighted by molar-refractivity contribution is -0.136. The SMILES string of the molecule is CCCN1CCOC(C(=O)CCCc2ccccc2)C1. The number of aryl methyl sites for hydroxylation is 1. The molecule has 1 atom stereocenters. The maximum atomic E-state index is 12.2. The van der Waals surface area contributed by atoms with Crippen molar-refractivity contribution in [1.29, 1.82) is 0 Å². The first-order valence-electron chi connectivity index (χ1n) is 7.70. The van der Waals surface area contributed by atoms with Crippen LogP contribution in [0.15, 0.2) is 30.3 Å². The summed E-state index contributed by atoms with van der Waals surface area (Å²) in [5, 5.41) is 0. The van der Waals surface area contributed by atoms with Crippen molar-refractivity contribution in [2.45, 2.75) is 38.7 Å². The van der Waals surface area contributed by atoms with Gasteiger partial charge in [0.2, 0.25) is 0 Å². The van der Waals surface area contributed by atoms with Gasteiger partial charge < -0.3 is 4.74 Å². The molecular formula is C17H25NO2. The molecule has 110 valence electrons. The number of morpholine rings is 1. The van der Waals surface area contributed by atoms with Crippen molar-refractivity contribution in [3.8, 4) is 0 Å². The Balaban J connectivity index is 1.71. The van der Waals surface area contributed by atoms with Crippen LogP contribution in [0.4, 0.5) is 0 Å². The Labute approximate surface area is 121 Å². The molecule has 0 saturated carbocycles. The van der Waals surface area contributed by atoms with Crippen molar-refractivity contribution < 1.29 is 9.53 Å². The minimum atomic E-state index is -0.203. The summed E-state index contributed by atoms with van der Waals surface area (Å²) < 4.78 is 5.63. The van der Waals surface area contributed by atoms with E-state index >= 15 is 0 Å². The van der Waals surface area contributed by atoms with Gasteiger partial charge in [-0.05, 0) is 31.4 Å². The molecule has 1 heterocycles. The molecule has 0 aromatic heterocycles. The van der Waals surface area contributed by atoms with E-state index in [0.717, 1.165) is 38.9 Å². The zero-order chi connectivity index (χ0) is 14.2. The Morgan fingerprint density at radius 3 is 2.90 bits per heavy atom. The second kappa shape index (κ2) is 8.18. The van der Waals surface area contributed by atoms with E-state index in [1.165, 1.54) is 5.56 Å². The van der Waals surface area contributed by atoms with Crippen molar-refractivity contribution in [3.05, 3.63) is 35.9 Å². The Bertz CT molecular complexity index is 403. The molecule has 3 nitrogen and oxygen atoms in total. The van der Waals surface area contributed by atoms with Gasteiger partial charge in [0, 0.05) is 19.5 Å². The lowest BCUT2D eigenvalue weighted by Crippen LogP contribution is -2.46. The first-order valence-corrected chi connectivity index (χ1v) is 7.70. The van der Waals surface area contributed by atoms with Gasteiger partial charge >= 0.3 is 0 Å². The number of ketones is 1. The fraction of sp³-hybridized carbons (Fsp3) is 0.588. The lowest BCUT2D eigenvalue weighted by atomic mass is 10.0. The van der Waals surface area contributed by atoms with Crippen molar-refractivity contribution in [1.82, 2.24) is 4.90 Å². The largest absolute Gasteiger partial charge is 0.368 e. The van der Waals surface area contributed by atoms with Gasteiger partial charge in [0.1, 0.15) is 6.10 Å². The molecule has 1 aliphatic rings. The Morgan fingerprint density at radius 1 is 1.35 bits per heavy atom. The molecule has 1 unspecified atom stereocenters. The molecule has 0 N–H and O–H groups in total. The summed E-state index contributed by atoms with van der Waals surface area (Å²) in [5.74, 6) is 0.265. The van der Waals surface area contributed by atoms with E-state index in [0.29, 0.717) is 13.0 Å². The third kappa shape index (κ3) is 4.73. The van der Waals surface area contributed by atoms with E-state index in [-0.39, 0.29) is 11.9 Å². The van der Waals surface area contributed by atoms with Crippen LogP contribution in [0.25, 0.3) is 0 Å². The number of Topliss-reactive ketones (excluding diaryl/α,β-unsaturated/α-hetero) is 1. The van der Waals surface area contributed by atoms with Gasteiger partial charge in [-0.1, -0.05) is 37.3 Å². The number of carbonyl (C=O) groups excluding carboxylic acids is 1. The van der Waals surface area contributed by atoms with Gasteiger partial charge in [-0.3, -0.25) is 9.69 Å². The molecule has 2 rings (SSSR count). The van der Waals surface area contributed by atoms with E-state index < -0.39 is 0 Å². The number of nitrogens with zero attached hydrogens (tertiary/aromatic N) is 1. The van der Waals surface area contributed by atoms with Crippen LogP contribution in [0.1, 0.15) is 31.7 Å². The van der Waals surface area contributed by atoms with Crippen LogP contribution >= 0.6 is 0 Å². The maximum absolute atomic E-state index is 12.2. The number of hydrogen-bond acceptors (Lipinski definition) is 3. The summed E-state index contributed by atoms with van der Waals surface area (Å²) in [7, 11) is 0. The van der Waals surface area contributed by atoms with E-state index in [1.807, 2.05) is 18.2 Å². The number of rotatable bonds is 7. The monoisotopic (exact) mass is 275 g/mol.